The summed E-state index contributed by atoms with van der Waals surface area (Å²) < 4.78 is 5.50. The van der Waals surface area contributed by atoms with E-state index in [1.165, 1.54) is 23.7 Å². The van der Waals surface area contributed by atoms with Crippen LogP contribution in [0.1, 0.15) is 15.9 Å². The van der Waals surface area contributed by atoms with Crippen LogP contribution in [0.3, 0.4) is 0 Å². The van der Waals surface area contributed by atoms with Crippen LogP contribution >= 0.6 is 0 Å². The molecule has 136 valence electrons. The van der Waals surface area contributed by atoms with Crippen LogP contribution < -0.4 is 15.5 Å². The molecule has 0 saturated heterocycles. The van der Waals surface area contributed by atoms with Crippen molar-refractivity contribution in [3.63, 3.8) is 0 Å². The summed E-state index contributed by atoms with van der Waals surface area (Å²) in [5, 5.41) is 20.6. The molecule has 0 aliphatic rings. The molecule has 0 aliphatic carbocycles. The third-order valence-electron chi connectivity index (χ3n) is 3.46. The monoisotopic (exact) mass is 356 g/mol. The van der Waals surface area contributed by atoms with Gasteiger partial charge in [0.25, 0.3) is 5.91 Å². The molecule has 0 fully saturated rings. The Balaban J connectivity index is 1.84. The highest BCUT2D eigenvalue weighted by Gasteiger charge is 2.11. The van der Waals surface area contributed by atoms with E-state index in [0.29, 0.717) is 5.75 Å². The lowest BCUT2D eigenvalue weighted by molar-refractivity contribution is -0.117. The van der Waals surface area contributed by atoms with Crippen LogP contribution in [0.2, 0.25) is 0 Å². The zero-order valence-electron chi connectivity index (χ0n) is 14.0. The second kappa shape index (κ2) is 9.97. The highest BCUT2D eigenvalue weighted by molar-refractivity contribution is 5.93. The average molecular weight is 356 g/mol. The van der Waals surface area contributed by atoms with Gasteiger partial charge in [-0.25, -0.2) is 5.48 Å². The number of amides is 2. The van der Waals surface area contributed by atoms with Crippen molar-refractivity contribution in [1.82, 2.24) is 10.8 Å². The number of aliphatic hydroxyl groups excluding tert-OH is 1. The summed E-state index contributed by atoms with van der Waals surface area (Å²) in [7, 11) is 0. The summed E-state index contributed by atoms with van der Waals surface area (Å²) in [5.74, 6) is -0.499. The van der Waals surface area contributed by atoms with E-state index in [0.717, 1.165) is 5.56 Å². The van der Waals surface area contributed by atoms with E-state index in [2.05, 4.69) is 5.32 Å². The van der Waals surface area contributed by atoms with E-state index in [-0.39, 0.29) is 24.7 Å². The third kappa shape index (κ3) is 6.04. The molecule has 2 amide bonds. The molecule has 2 aromatic carbocycles. The van der Waals surface area contributed by atoms with Gasteiger partial charge in [0.1, 0.15) is 12.4 Å². The van der Waals surface area contributed by atoms with Crippen LogP contribution in [0.25, 0.3) is 6.08 Å². The van der Waals surface area contributed by atoms with Gasteiger partial charge in [-0.3, -0.25) is 14.8 Å². The van der Waals surface area contributed by atoms with E-state index >= 15 is 0 Å². The quantitative estimate of drug-likeness (QED) is 0.325. The maximum absolute atomic E-state index is 11.9. The Hall–Kier alpha value is -3.16. The molecule has 7 heteroatoms. The van der Waals surface area contributed by atoms with Crippen LogP contribution in [0.4, 0.5) is 0 Å². The van der Waals surface area contributed by atoms with E-state index < -0.39 is 11.9 Å². The van der Waals surface area contributed by atoms with Gasteiger partial charge in [0.2, 0.25) is 5.91 Å². The van der Waals surface area contributed by atoms with Gasteiger partial charge in [0.05, 0.1) is 12.6 Å². The van der Waals surface area contributed by atoms with Gasteiger partial charge in [-0.1, -0.05) is 30.3 Å². The van der Waals surface area contributed by atoms with Crippen molar-refractivity contribution in [3.05, 3.63) is 71.8 Å². The molecule has 7 nitrogen and oxygen atoms in total. The molecule has 0 spiro atoms. The molecule has 0 aromatic heterocycles. The summed E-state index contributed by atoms with van der Waals surface area (Å²) in [6.45, 7) is -0.219. The SMILES string of the molecule is O=C(C=Cc1ccccc1)N[C@@H](CO)COc1ccc(C(=O)NO)cc1. The fourth-order valence-electron chi connectivity index (χ4n) is 2.09. The van der Waals surface area contributed by atoms with Crippen LogP contribution in [-0.4, -0.2) is 41.4 Å². The highest BCUT2D eigenvalue weighted by Crippen LogP contribution is 2.12. The third-order valence-corrected chi connectivity index (χ3v) is 3.46. The molecule has 2 aromatic rings. The largest absolute Gasteiger partial charge is 0.491 e. The Bertz CT molecular complexity index is 744. The number of benzene rings is 2. The number of hydrogen-bond acceptors (Lipinski definition) is 5. The van der Waals surface area contributed by atoms with E-state index in [9.17, 15) is 14.7 Å². The predicted octanol–water partition coefficient (Wildman–Crippen LogP) is 1.37. The summed E-state index contributed by atoms with van der Waals surface area (Å²) in [4.78, 5) is 23.2. The first-order chi connectivity index (χ1) is 12.6. The molecule has 4 N–H and O–H groups in total. The summed E-state index contributed by atoms with van der Waals surface area (Å²) in [6, 6.07) is 14.9. The number of nitrogens with one attached hydrogen (secondary N) is 2. The molecule has 0 bridgehead atoms. The molecular weight excluding hydrogens is 336 g/mol. The zero-order chi connectivity index (χ0) is 18.8. The molecule has 1 atom stereocenters. The number of hydroxylamine groups is 1. The van der Waals surface area contributed by atoms with Crippen LogP contribution in [0.15, 0.2) is 60.7 Å². The molecule has 0 unspecified atom stereocenters. The van der Waals surface area contributed by atoms with Gasteiger partial charge < -0.3 is 15.2 Å². The molecule has 2 rings (SSSR count). The number of ether oxygens (including phenoxy) is 1. The minimum Gasteiger partial charge on any atom is -0.491 e. The summed E-state index contributed by atoms with van der Waals surface area (Å²) in [5.41, 5.74) is 2.71. The van der Waals surface area contributed by atoms with Crippen molar-refractivity contribution in [1.29, 1.82) is 0 Å². The Morgan fingerprint density at radius 3 is 2.38 bits per heavy atom. The number of hydrogen-bond donors (Lipinski definition) is 4. The minimum atomic E-state index is -0.623. The van der Waals surface area contributed by atoms with Gasteiger partial charge in [-0.15, -0.1) is 0 Å². The van der Waals surface area contributed by atoms with Gasteiger partial charge >= 0.3 is 0 Å². The van der Waals surface area contributed by atoms with Crippen molar-refractivity contribution in [2.24, 2.45) is 0 Å². The first-order valence-corrected chi connectivity index (χ1v) is 7.94. The first kappa shape index (κ1) is 19.2. The maximum Gasteiger partial charge on any atom is 0.274 e. The Morgan fingerprint density at radius 2 is 1.77 bits per heavy atom. The second-order valence-corrected chi connectivity index (χ2v) is 5.41. The van der Waals surface area contributed by atoms with Gasteiger partial charge in [0.15, 0.2) is 0 Å². The van der Waals surface area contributed by atoms with Crippen LogP contribution in [0, 0.1) is 0 Å². The Labute approximate surface area is 150 Å². The smallest absolute Gasteiger partial charge is 0.274 e. The lowest BCUT2D eigenvalue weighted by Gasteiger charge is -2.16. The van der Waals surface area contributed by atoms with Crippen LogP contribution in [-0.2, 0) is 4.79 Å². The first-order valence-electron chi connectivity index (χ1n) is 7.94. The molecule has 0 saturated carbocycles. The summed E-state index contributed by atoms with van der Waals surface area (Å²) >= 11 is 0. The van der Waals surface area contributed by atoms with E-state index in [1.807, 2.05) is 30.3 Å². The Kier molecular flexibility index (Phi) is 7.35. The van der Waals surface area contributed by atoms with E-state index in [4.69, 9.17) is 9.94 Å². The fourth-order valence-corrected chi connectivity index (χ4v) is 2.09. The lowest BCUT2D eigenvalue weighted by atomic mass is 10.2. The zero-order valence-corrected chi connectivity index (χ0v) is 14.0. The average Bonchev–Trinajstić information content (AvgIpc) is 2.70. The normalized spacial score (nSPS) is 11.8. The highest BCUT2D eigenvalue weighted by atomic mass is 16.5. The number of aliphatic hydroxyl groups is 1. The molecule has 0 aliphatic heterocycles. The van der Waals surface area contributed by atoms with Crippen molar-refractivity contribution in [3.8, 4) is 5.75 Å². The molecule has 0 radical (unpaired) electrons. The van der Waals surface area contributed by atoms with Crippen LogP contribution in [0.5, 0.6) is 5.75 Å². The minimum absolute atomic E-state index is 0.0625. The van der Waals surface area contributed by atoms with Crippen molar-refractivity contribution in [2.75, 3.05) is 13.2 Å². The molecular formula is C19H20N2O5. The number of carbonyl (C=O) groups excluding carboxylic acids is 2. The lowest BCUT2D eigenvalue weighted by Crippen LogP contribution is -2.40. The van der Waals surface area contributed by atoms with Crippen molar-refractivity contribution < 1.29 is 24.6 Å². The predicted molar refractivity (Wildman–Crippen MR) is 95.7 cm³/mol. The van der Waals surface area contributed by atoms with Gasteiger partial charge in [-0.2, -0.15) is 0 Å². The maximum atomic E-state index is 11.9. The van der Waals surface area contributed by atoms with Crippen molar-refractivity contribution >= 4 is 17.9 Å². The number of rotatable bonds is 8. The molecule has 26 heavy (non-hydrogen) atoms. The van der Waals surface area contributed by atoms with Gasteiger partial charge in [-0.05, 0) is 35.9 Å². The second-order valence-electron chi connectivity index (χ2n) is 5.41. The topological polar surface area (TPSA) is 108 Å². The van der Waals surface area contributed by atoms with Gasteiger partial charge in [0, 0.05) is 11.6 Å². The van der Waals surface area contributed by atoms with E-state index in [1.54, 1.807) is 18.2 Å². The Morgan fingerprint density at radius 1 is 1.08 bits per heavy atom. The van der Waals surface area contributed by atoms with Crippen molar-refractivity contribution in [2.45, 2.75) is 6.04 Å². The standard InChI is InChI=1S/C19H20N2O5/c22-12-16(20-18(23)11-6-14-4-2-1-3-5-14)13-26-17-9-7-15(8-10-17)19(24)21-25/h1-11,16,22,25H,12-13H2,(H,20,23)(H,21,24)/t16-/m0/s1. The molecule has 0 heterocycles. The fraction of sp³-hybridized carbons (Fsp3) is 0.158. The number of carbonyl (C=O) groups is 2. The summed E-state index contributed by atoms with van der Waals surface area (Å²) in [6.07, 6.45) is 3.07.